The molecular weight excluding hydrogens is 310 g/mol. The van der Waals surface area contributed by atoms with E-state index in [2.05, 4.69) is 37.1 Å². The molecule has 23 heavy (non-hydrogen) atoms. The predicted octanol–water partition coefficient (Wildman–Crippen LogP) is 1.57. The molecule has 5 nitrogen and oxygen atoms in total. The lowest BCUT2D eigenvalue weighted by Gasteiger charge is -2.25. The lowest BCUT2D eigenvalue weighted by molar-refractivity contribution is -0.124. The number of amides is 1. The van der Waals surface area contributed by atoms with Gasteiger partial charge < -0.3 is 21.1 Å². The van der Waals surface area contributed by atoms with Crippen molar-refractivity contribution in [3.63, 3.8) is 0 Å². The van der Waals surface area contributed by atoms with Gasteiger partial charge in [0.15, 0.2) is 0 Å². The molecule has 130 valence electrons. The SMILES string of the molecule is CC[C@H](C)[C@H](NC[C@@H](N)CS)C(=O)NCc1ccc(OC)cc1. The Morgan fingerprint density at radius 1 is 1.35 bits per heavy atom. The van der Waals surface area contributed by atoms with E-state index >= 15 is 0 Å². The number of methoxy groups -OCH3 is 1. The lowest BCUT2D eigenvalue weighted by atomic mass is 9.98. The highest BCUT2D eigenvalue weighted by Crippen LogP contribution is 2.12. The van der Waals surface area contributed by atoms with Crippen LogP contribution in [0.2, 0.25) is 0 Å². The minimum atomic E-state index is -0.246. The number of nitrogens with two attached hydrogens (primary N) is 1. The molecule has 3 atom stereocenters. The predicted molar refractivity (Wildman–Crippen MR) is 97.9 cm³/mol. The zero-order valence-corrected chi connectivity index (χ0v) is 15.1. The van der Waals surface area contributed by atoms with Crippen LogP contribution < -0.4 is 21.1 Å². The third-order valence-corrected chi connectivity index (χ3v) is 4.42. The van der Waals surface area contributed by atoms with Crippen molar-refractivity contribution in [3.8, 4) is 5.75 Å². The normalized spacial score (nSPS) is 14.8. The monoisotopic (exact) mass is 339 g/mol. The van der Waals surface area contributed by atoms with Crippen molar-refractivity contribution in [2.24, 2.45) is 11.7 Å². The number of rotatable bonds is 10. The van der Waals surface area contributed by atoms with Gasteiger partial charge in [-0.3, -0.25) is 4.79 Å². The van der Waals surface area contributed by atoms with Crippen LogP contribution in [0.5, 0.6) is 5.75 Å². The average Bonchev–Trinajstić information content (AvgIpc) is 2.59. The summed E-state index contributed by atoms with van der Waals surface area (Å²) in [4.78, 5) is 12.5. The van der Waals surface area contributed by atoms with Crippen LogP contribution >= 0.6 is 12.6 Å². The van der Waals surface area contributed by atoms with Crippen molar-refractivity contribution in [3.05, 3.63) is 29.8 Å². The molecule has 4 N–H and O–H groups in total. The number of hydrogen-bond donors (Lipinski definition) is 4. The topological polar surface area (TPSA) is 76.4 Å². The molecule has 0 saturated carbocycles. The Morgan fingerprint density at radius 2 is 2.00 bits per heavy atom. The minimum absolute atomic E-state index is 0.00142. The molecule has 0 unspecified atom stereocenters. The molecule has 0 bridgehead atoms. The fourth-order valence-corrected chi connectivity index (χ4v) is 2.30. The summed E-state index contributed by atoms with van der Waals surface area (Å²) in [5.41, 5.74) is 6.91. The summed E-state index contributed by atoms with van der Waals surface area (Å²) in [6, 6.07) is 7.36. The zero-order valence-electron chi connectivity index (χ0n) is 14.2. The van der Waals surface area contributed by atoms with Crippen molar-refractivity contribution in [2.75, 3.05) is 19.4 Å². The summed E-state index contributed by atoms with van der Waals surface area (Å²) in [7, 11) is 1.63. The first-order chi connectivity index (χ1) is 11.0. The third kappa shape index (κ3) is 6.81. The molecule has 0 radical (unpaired) electrons. The molecule has 0 aliphatic carbocycles. The Kier molecular flexibility index (Phi) is 9.06. The van der Waals surface area contributed by atoms with E-state index in [9.17, 15) is 4.79 Å². The Balaban J connectivity index is 2.57. The molecule has 0 saturated heterocycles. The fraction of sp³-hybridized carbons (Fsp3) is 0.588. The number of ether oxygens (including phenoxy) is 1. The molecule has 1 aromatic rings. The second kappa shape index (κ2) is 10.5. The Bertz CT molecular complexity index is 467. The molecule has 6 heteroatoms. The number of benzene rings is 1. The first-order valence-corrected chi connectivity index (χ1v) is 8.65. The van der Waals surface area contributed by atoms with Gasteiger partial charge in [-0.25, -0.2) is 0 Å². The Labute approximate surface area is 144 Å². The van der Waals surface area contributed by atoms with Crippen LogP contribution in [-0.4, -0.2) is 37.4 Å². The number of carbonyl (C=O) groups is 1. The van der Waals surface area contributed by atoms with Crippen LogP contribution in [0.1, 0.15) is 25.8 Å². The van der Waals surface area contributed by atoms with Gasteiger partial charge in [-0.2, -0.15) is 12.6 Å². The van der Waals surface area contributed by atoms with E-state index in [0.717, 1.165) is 17.7 Å². The van der Waals surface area contributed by atoms with Crippen molar-refractivity contribution in [1.29, 1.82) is 0 Å². The summed E-state index contributed by atoms with van der Waals surface area (Å²) in [6.45, 7) is 5.22. The molecule has 0 aliphatic rings. The van der Waals surface area contributed by atoms with Crippen molar-refractivity contribution < 1.29 is 9.53 Å². The average molecular weight is 340 g/mol. The first kappa shape index (κ1) is 19.8. The number of thiol groups is 1. The third-order valence-electron chi connectivity index (χ3n) is 3.96. The largest absolute Gasteiger partial charge is 0.497 e. The maximum atomic E-state index is 12.5. The molecule has 0 heterocycles. The number of nitrogens with one attached hydrogen (secondary N) is 2. The number of hydrogen-bond acceptors (Lipinski definition) is 5. The van der Waals surface area contributed by atoms with Gasteiger partial charge in [0.05, 0.1) is 13.2 Å². The standard InChI is InChI=1S/C17H29N3O2S/c1-4-12(2)16(19-10-14(18)11-23)17(21)20-9-13-5-7-15(22-3)8-6-13/h5-8,12,14,16,19,23H,4,9-11,18H2,1-3H3,(H,20,21)/t12-,14+,16-/m0/s1. The Morgan fingerprint density at radius 3 is 2.52 bits per heavy atom. The quantitative estimate of drug-likeness (QED) is 0.488. The molecule has 1 amide bonds. The van der Waals surface area contributed by atoms with Gasteiger partial charge in [0.1, 0.15) is 5.75 Å². The van der Waals surface area contributed by atoms with Crippen LogP contribution in [0.15, 0.2) is 24.3 Å². The lowest BCUT2D eigenvalue weighted by Crippen LogP contribution is -2.51. The maximum absolute atomic E-state index is 12.5. The number of carbonyl (C=O) groups excluding carboxylic acids is 1. The van der Waals surface area contributed by atoms with E-state index in [1.807, 2.05) is 24.3 Å². The van der Waals surface area contributed by atoms with Gasteiger partial charge in [-0.05, 0) is 23.6 Å². The van der Waals surface area contributed by atoms with Crippen molar-refractivity contribution >= 4 is 18.5 Å². The minimum Gasteiger partial charge on any atom is -0.497 e. The van der Waals surface area contributed by atoms with Gasteiger partial charge in [0.25, 0.3) is 0 Å². The zero-order chi connectivity index (χ0) is 17.2. The Hall–Kier alpha value is -1.24. The van der Waals surface area contributed by atoms with E-state index in [0.29, 0.717) is 18.8 Å². The van der Waals surface area contributed by atoms with Crippen LogP contribution in [-0.2, 0) is 11.3 Å². The molecule has 1 aromatic carbocycles. The summed E-state index contributed by atoms with van der Waals surface area (Å²) in [6.07, 6.45) is 0.920. The summed E-state index contributed by atoms with van der Waals surface area (Å²) in [5.74, 6) is 1.63. The molecule has 0 spiro atoms. The van der Waals surface area contributed by atoms with Crippen LogP contribution in [0.3, 0.4) is 0 Å². The van der Waals surface area contributed by atoms with Crippen molar-refractivity contribution in [1.82, 2.24) is 10.6 Å². The van der Waals surface area contributed by atoms with Gasteiger partial charge in [0, 0.05) is 24.9 Å². The van der Waals surface area contributed by atoms with E-state index < -0.39 is 0 Å². The molecule has 0 aliphatic heterocycles. The summed E-state index contributed by atoms with van der Waals surface area (Å²) in [5, 5.41) is 6.26. The van der Waals surface area contributed by atoms with E-state index in [4.69, 9.17) is 10.5 Å². The molecular formula is C17H29N3O2S. The smallest absolute Gasteiger partial charge is 0.237 e. The first-order valence-electron chi connectivity index (χ1n) is 8.02. The maximum Gasteiger partial charge on any atom is 0.237 e. The van der Waals surface area contributed by atoms with E-state index in [-0.39, 0.29) is 23.9 Å². The van der Waals surface area contributed by atoms with Gasteiger partial charge >= 0.3 is 0 Å². The highest BCUT2D eigenvalue weighted by Gasteiger charge is 2.23. The van der Waals surface area contributed by atoms with E-state index in [1.54, 1.807) is 7.11 Å². The van der Waals surface area contributed by atoms with Gasteiger partial charge in [-0.1, -0.05) is 32.4 Å². The fourth-order valence-electron chi connectivity index (χ4n) is 2.17. The van der Waals surface area contributed by atoms with Gasteiger partial charge in [0.2, 0.25) is 5.91 Å². The molecule has 0 fully saturated rings. The van der Waals surface area contributed by atoms with Crippen LogP contribution in [0, 0.1) is 5.92 Å². The summed E-state index contributed by atoms with van der Waals surface area (Å²) >= 11 is 4.17. The van der Waals surface area contributed by atoms with Crippen LogP contribution in [0.25, 0.3) is 0 Å². The van der Waals surface area contributed by atoms with Crippen molar-refractivity contribution in [2.45, 2.75) is 38.9 Å². The van der Waals surface area contributed by atoms with Crippen LogP contribution in [0.4, 0.5) is 0 Å². The molecule has 0 aromatic heterocycles. The second-order valence-corrected chi connectivity index (χ2v) is 6.15. The highest BCUT2D eigenvalue weighted by atomic mass is 32.1. The molecule has 1 rings (SSSR count). The van der Waals surface area contributed by atoms with E-state index in [1.165, 1.54) is 0 Å². The van der Waals surface area contributed by atoms with Gasteiger partial charge in [-0.15, -0.1) is 0 Å². The second-order valence-electron chi connectivity index (χ2n) is 5.78. The highest BCUT2D eigenvalue weighted by molar-refractivity contribution is 7.80. The summed E-state index contributed by atoms with van der Waals surface area (Å²) < 4.78 is 5.13.